The van der Waals surface area contributed by atoms with Gasteiger partial charge in [-0.1, -0.05) is 6.42 Å². The largest absolute Gasteiger partial charge is 0.442 e. The molecule has 1 aliphatic rings. The molecule has 24 heavy (non-hydrogen) atoms. The van der Waals surface area contributed by atoms with Crippen LogP contribution in [0.15, 0.2) is 18.2 Å². The first-order valence-electron chi connectivity index (χ1n) is 7.48. The number of nitrogens with two attached hydrogens (primary N) is 1. The SMILES string of the molecule is NNC(=O)OC1(Cc2cc([N+](=O)[O-])ccc2[N+](=O)[O-])CCCCC1. The molecular formula is C14H18N4O6. The predicted molar refractivity (Wildman–Crippen MR) is 83.1 cm³/mol. The van der Waals surface area contributed by atoms with Crippen molar-refractivity contribution in [1.29, 1.82) is 0 Å². The lowest BCUT2D eigenvalue weighted by atomic mass is 9.80. The predicted octanol–water partition coefficient (Wildman–Crippen LogP) is 2.35. The molecule has 2 rings (SSSR count). The molecule has 0 unspecified atom stereocenters. The maximum Gasteiger partial charge on any atom is 0.421 e. The Bertz CT molecular complexity index is 657. The van der Waals surface area contributed by atoms with Crippen molar-refractivity contribution in [3.05, 3.63) is 44.0 Å². The molecule has 0 saturated heterocycles. The first-order chi connectivity index (χ1) is 11.4. The van der Waals surface area contributed by atoms with E-state index in [0.717, 1.165) is 37.5 Å². The molecule has 0 heterocycles. The Labute approximate surface area is 137 Å². The monoisotopic (exact) mass is 338 g/mol. The van der Waals surface area contributed by atoms with Gasteiger partial charge in [-0.15, -0.1) is 0 Å². The highest BCUT2D eigenvalue weighted by Gasteiger charge is 2.38. The Kier molecular flexibility index (Phi) is 5.29. The number of nitrogens with zero attached hydrogens (tertiary/aromatic N) is 2. The number of hydrogen-bond donors (Lipinski definition) is 2. The molecule has 1 saturated carbocycles. The van der Waals surface area contributed by atoms with E-state index in [1.54, 1.807) is 0 Å². The van der Waals surface area contributed by atoms with E-state index < -0.39 is 21.5 Å². The minimum absolute atomic E-state index is 0.0262. The highest BCUT2D eigenvalue weighted by Crippen LogP contribution is 2.37. The van der Waals surface area contributed by atoms with E-state index in [0.29, 0.717) is 12.8 Å². The average molecular weight is 338 g/mol. The highest BCUT2D eigenvalue weighted by molar-refractivity contribution is 5.67. The van der Waals surface area contributed by atoms with E-state index in [1.165, 1.54) is 0 Å². The molecule has 130 valence electrons. The molecule has 10 nitrogen and oxygen atoms in total. The van der Waals surface area contributed by atoms with Crippen molar-refractivity contribution in [2.24, 2.45) is 5.84 Å². The Morgan fingerprint density at radius 1 is 1.21 bits per heavy atom. The summed E-state index contributed by atoms with van der Waals surface area (Å²) >= 11 is 0. The van der Waals surface area contributed by atoms with Crippen LogP contribution < -0.4 is 11.3 Å². The number of nitro benzene ring substituents is 2. The van der Waals surface area contributed by atoms with Crippen LogP contribution in [0.3, 0.4) is 0 Å². The van der Waals surface area contributed by atoms with E-state index >= 15 is 0 Å². The number of nitrogens with one attached hydrogen (secondary N) is 1. The summed E-state index contributed by atoms with van der Waals surface area (Å²) in [7, 11) is 0. The number of benzene rings is 1. The van der Waals surface area contributed by atoms with Gasteiger partial charge in [0.25, 0.3) is 11.4 Å². The minimum Gasteiger partial charge on any atom is -0.442 e. The van der Waals surface area contributed by atoms with Crippen LogP contribution in [0.2, 0.25) is 0 Å². The van der Waals surface area contributed by atoms with Crippen LogP contribution in [0.5, 0.6) is 0 Å². The molecule has 1 fully saturated rings. The molecule has 1 aliphatic carbocycles. The van der Waals surface area contributed by atoms with Crippen molar-refractivity contribution >= 4 is 17.5 Å². The number of hydrogen-bond acceptors (Lipinski definition) is 7. The molecule has 0 atom stereocenters. The van der Waals surface area contributed by atoms with Crippen molar-refractivity contribution in [1.82, 2.24) is 5.43 Å². The summed E-state index contributed by atoms with van der Waals surface area (Å²) in [6, 6.07) is 3.35. The van der Waals surface area contributed by atoms with Crippen LogP contribution in [-0.4, -0.2) is 21.5 Å². The number of carbonyl (C=O) groups excluding carboxylic acids is 1. The summed E-state index contributed by atoms with van der Waals surface area (Å²) < 4.78 is 5.40. The molecule has 1 amide bonds. The Hall–Kier alpha value is -2.75. The third kappa shape index (κ3) is 3.96. The van der Waals surface area contributed by atoms with Gasteiger partial charge in [-0.25, -0.2) is 10.6 Å². The second kappa shape index (κ2) is 7.21. The lowest BCUT2D eigenvalue weighted by Crippen LogP contribution is -2.44. The molecule has 3 N–H and O–H groups in total. The third-order valence-corrected chi connectivity index (χ3v) is 4.18. The first-order valence-corrected chi connectivity index (χ1v) is 7.48. The fourth-order valence-corrected chi connectivity index (χ4v) is 3.09. The molecule has 0 aromatic heterocycles. The highest BCUT2D eigenvalue weighted by atomic mass is 16.6. The molecule has 10 heteroatoms. The maximum atomic E-state index is 11.6. The van der Waals surface area contributed by atoms with E-state index in [4.69, 9.17) is 10.6 Å². The van der Waals surface area contributed by atoms with Crippen molar-refractivity contribution < 1.29 is 19.4 Å². The quantitative estimate of drug-likeness (QED) is 0.362. The van der Waals surface area contributed by atoms with E-state index in [-0.39, 0.29) is 23.4 Å². The topological polar surface area (TPSA) is 151 Å². The summed E-state index contributed by atoms with van der Waals surface area (Å²) in [5, 5.41) is 22.2. The second-order valence-electron chi connectivity index (χ2n) is 5.78. The molecule has 1 aromatic carbocycles. The molecule has 0 aliphatic heterocycles. The fourth-order valence-electron chi connectivity index (χ4n) is 3.09. The van der Waals surface area contributed by atoms with Gasteiger partial charge < -0.3 is 4.74 Å². The number of carbonyl (C=O) groups is 1. The van der Waals surface area contributed by atoms with Crippen molar-refractivity contribution in [3.8, 4) is 0 Å². The summed E-state index contributed by atoms with van der Waals surface area (Å²) in [5.74, 6) is 5.06. The normalized spacial score (nSPS) is 16.2. The Morgan fingerprint density at radius 2 is 1.88 bits per heavy atom. The van der Waals surface area contributed by atoms with E-state index in [1.807, 2.05) is 5.43 Å². The summed E-state index contributed by atoms with van der Waals surface area (Å²) in [5.41, 5.74) is 0.618. The van der Waals surface area contributed by atoms with Crippen LogP contribution in [0.4, 0.5) is 16.2 Å². The lowest BCUT2D eigenvalue weighted by molar-refractivity contribution is -0.389. The van der Waals surface area contributed by atoms with E-state index in [9.17, 15) is 25.0 Å². The molecule has 0 spiro atoms. The van der Waals surface area contributed by atoms with Crippen LogP contribution in [0, 0.1) is 20.2 Å². The number of hydrazine groups is 1. The molecule has 1 aromatic rings. The van der Waals surface area contributed by atoms with Gasteiger partial charge in [-0.2, -0.15) is 0 Å². The number of amides is 1. The fraction of sp³-hybridized carbons (Fsp3) is 0.500. The Balaban J connectivity index is 2.40. The van der Waals surface area contributed by atoms with Crippen molar-refractivity contribution in [2.75, 3.05) is 0 Å². The summed E-state index contributed by atoms with van der Waals surface area (Å²) in [6.07, 6.45) is 2.77. The van der Waals surface area contributed by atoms with Crippen LogP contribution in [-0.2, 0) is 11.2 Å². The molecular weight excluding hydrogens is 320 g/mol. The zero-order chi connectivity index (χ0) is 17.7. The summed E-state index contributed by atoms with van der Waals surface area (Å²) in [6.45, 7) is 0. The Morgan fingerprint density at radius 3 is 2.42 bits per heavy atom. The molecule has 0 radical (unpaired) electrons. The smallest absolute Gasteiger partial charge is 0.421 e. The van der Waals surface area contributed by atoms with Crippen LogP contribution in [0.25, 0.3) is 0 Å². The lowest BCUT2D eigenvalue weighted by Gasteiger charge is -2.36. The second-order valence-corrected chi connectivity index (χ2v) is 5.78. The van der Waals surface area contributed by atoms with Gasteiger partial charge in [0, 0.05) is 30.2 Å². The van der Waals surface area contributed by atoms with Gasteiger partial charge in [0.05, 0.1) is 9.85 Å². The minimum atomic E-state index is -0.957. The van der Waals surface area contributed by atoms with Gasteiger partial charge >= 0.3 is 6.09 Å². The standard InChI is InChI=1S/C14H18N4O6/c15-16-13(19)24-14(6-2-1-3-7-14)9-10-8-11(17(20)21)4-5-12(10)18(22)23/h4-5,8H,1-3,6-7,9,15H2,(H,16,19). The van der Waals surface area contributed by atoms with Gasteiger partial charge in [0.2, 0.25) is 0 Å². The number of ether oxygens (including phenoxy) is 1. The molecule has 0 bridgehead atoms. The van der Waals surface area contributed by atoms with Crippen LogP contribution >= 0.6 is 0 Å². The summed E-state index contributed by atoms with van der Waals surface area (Å²) in [4.78, 5) is 32.5. The number of nitro groups is 2. The zero-order valence-electron chi connectivity index (χ0n) is 12.9. The van der Waals surface area contributed by atoms with Gasteiger partial charge in [0.15, 0.2) is 0 Å². The van der Waals surface area contributed by atoms with E-state index in [2.05, 4.69) is 0 Å². The first kappa shape index (κ1) is 17.6. The van der Waals surface area contributed by atoms with Crippen LogP contribution in [0.1, 0.15) is 37.7 Å². The zero-order valence-corrected chi connectivity index (χ0v) is 12.9. The van der Waals surface area contributed by atoms with Gasteiger partial charge in [-0.05, 0) is 25.7 Å². The maximum absolute atomic E-state index is 11.6. The average Bonchev–Trinajstić information content (AvgIpc) is 2.55. The number of non-ortho nitro benzene ring substituents is 1. The van der Waals surface area contributed by atoms with Gasteiger partial charge in [-0.3, -0.25) is 25.7 Å². The number of rotatable bonds is 5. The third-order valence-electron chi connectivity index (χ3n) is 4.18. The van der Waals surface area contributed by atoms with Gasteiger partial charge in [0.1, 0.15) is 5.60 Å². The van der Waals surface area contributed by atoms with Crippen molar-refractivity contribution in [2.45, 2.75) is 44.1 Å². The van der Waals surface area contributed by atoms with Crippen molar-refractivity contribution in [3.63, 3.8) is 0 Å².